The first kappa shape index (κ1) is 10.4. The Bertz CT molecular complexity index is 318. The van der Waals surface area contributed by atoms with E-state index in [1.165, 1.54) is 0 Å². The highest BCUT2D eigenvalue weighted by molar-refractivity contribution is 6.07. The molecule has 2 N–H and O–H groups in total. The van der Waals surface area contributed by atoms with Crippen molar-refractivity contribution in [3.8, 4) is 0 Å². The van der Waals surface area contributed by atoms with Crippen LogP contribution in [-0.4, -0.2) is 42.0 Å². The quantitative estimate of drug-likeness (QED) is 0.551. The van der Waals surface area contributed by atoms with Crippen LogP contribution in [0.3, 0.4) is 0 Å². The first-order valence-electron chi connectivity index (χ1n) is 5.29. The van der Waals surface area contributed by atoms with E-state index in [9.17, 15) is 9.59 Å². The summed E-state index contributed by atoms with van der Waals surface area (Å²) in [5.41, 5.74) is -0.678. The van der Waals surface area contributed by atoms with Crippen LogP contribution in [0, 0.1) is 5.92 Å². The number of amides is 3. The van der Waals surface area contributed by atoms with Gasteiger partial charge in [0.2, 0.25) is 0 Å². The van der Waals surface area contributed by atoms with Crippen molar-refractivity contribution in [3.05, 3.63) is 0 Å². The van der Waals surface area contributed by atoms with Gasteiger partial charge in [-0.2, -0.15) is 0 Å². The zero-order chi connectivity index (χ0) is 11.2. The van der Waals surface area contributed by atoms with E-state index in [0.29, 0.717) is 12.5 Å². The van der Waals surface area contributed by atoms with Gasteiger partial charge >= 0.3 is 6.03 Å². The predicted molar refractivity (Wildman–Crippen MR) is 55.3 cm³/mol. The summed E-state index contributed by atoms with van der Waals surface area (Å²) >= 11 is 0. The molecule has 0 aromatic rings. The SMILES string of the molecule is C[C@@H]1C[C@]2(NC(=O)NC2=O)[C@H](C)CN1C. The summed E-state index contributed by atoms with van der Waals surface area (Å²) in [6.07, 6.45) is 0.683. The molecule has 2 heterocycles. The fourth-order valence-electron chi connectivity index (χ4n) is 2.59. The van der Waals surface area contributed by atoms with Gasteiger partial charge in [-0.1, -0.05) is 6.92 Å². The monoisotopic (exact) mass is 211 g/mol. The van der Waals surface area contributed by atoms with E-state index in [1.54, 1.807) is 0 Å². The van der Waals surface area contributed by atoms with Crippen molar-refractivity contribution < 1.29 is 9.59 Å². The van der Waals surface area contributed by atoms with E-state index < -0.39 is 5.54 Å². The minimum atomic E-state index is -0.678. The highest BCUT2D eigenvalue weighted by atomic mass is 16.2. The molecule has 84 valence electrons. The van der Waals surface area contributed by atoms with Crippen molar-refractivity contribution in [1.82, 2.24) is 15.5 Å². The lowest BCUT2D eigenvalue weighted by Crippen LogP contribution is -2.62. The fourth-order valence-corrected chi connectivity index (χ4v) is 2.59. The van der Waals surface area contributed by atoms with Crippen LogP contribution in [0.15, 0.2) is 0 Å². The molecule has 0 bridgehead atoms. The van der Waals surface area contributed by atoms with Crippen LogP contribution in [0.5, 0.6) is 0 Å². The van der Waals surface area contributed by atoms with E-state index in [2.05, 4.69) is 22.5 Å². The Kier molecular flexibility index (Phi) is 2.22. The number of urea groups is 1. The minimum Gasteiger partial charge on any atom is -0.323 e. The van der Waals surface area contributed by atoms with Gasteiger partial charge in [0.1, 0.15) is 5.54 Å². The van der Waals surface area contributed by atoms with Gasteiger partial charge in [-0.15, -0.1) is 0 Å². The molecule has 2 fully saturated rings. The summed E-state index contributed by atoms with van der Waals surface area (Å²) in [6.45, 7) is 4.91. The number of carbonyl (C=O) groups excluding carboxylic acids is 2. The molecule has 0 radical (unpaired) electrons. The Morgan fingerprint density at radius 2 is 2.07 bits per heavy atom. The first-order valence-corrected chi connectivity index (χ1v) is 5.29. The van der Waals surface area contributed by atoms with Crippen molar-refractivity contribution in [2.45, 2.75) is 31.8 Å². The number of likely N-dealkylation sites (tertiary alicyclic amines) is 1. The Hall–Kier alpha value is -1.10. The second-order valence-electron chi connectivity index (χ2n) is 4.77. The molecule has 3 atom stereocenters. The maximum Gasteiger partial charge on any atom is 0.322 e. The third-order valence-corrected chi connectivity index (χ3v) is 3.74. The second-order valence-corrected chi connectivity index (χ2v) is 4.77. The van der Waals surface area contributed by atoms with Gasteiger partial charge in [-0.05, 0) is 20.4 Å². The van der Waals surface area contributed by atoms with E-state index >= 15 is 0 Å². The molecule has 2 aliphatic rings. The highest BCUT2D eigenvalue weighted by Gasteiger charge is 2.53. The summed E-state index contributed by atoms with van der Waals surface area (Å²) < 4.78 is 0. The number of hydrogen-bond acceptors (Lipinski definition) is 3. The molecule has 2 rings (SSSR count). The van der Waals surface area contributed by atoms with Gasteiger partial charge in [0.15, 0.2) is 0 Å². The number of rotatable bonds is 0. The van der Waals surface area contributed by atoms with E-state index in [0.717, 1.165) is 6.54 Å². The molecular weight excluding hydrogens is 194 g/mol. The fraction of sp³-hybridized carbons (Fsp3) is 0.800. The van der Waals surface area contributed by atoms with E-state index in [4.69, 9.17) is 0 Å². The second kappa shape index (κ2) is 3.20. The molecule has 0 saturated carbocycles. The van der Waals surface area contributed by atoms with Crippen molar-refractivity contribution in [1.29, 1.82) is 0 Å². The van der Waals surface area contributed by atoms with Crippen LogP contribution in [-0.2, 0) is 4.79 Å². The zero-order valence-corrected chi connectivity index (χ0v) is 9.33. The first-order chi connectivity index (χ1) is 6.95. The van der Waals surface area contributed by atoms with Gasteiger partial charge in [-0.3, -0.25) is 10.1 Å². The standard InChI is InChI=1S/C10H17N3O2/c1-6-5-13(3)7(2)4-10(6)8(14)11-9(15)12-10/h6-7H,4-5H2,1-3H3,(H2,11,12,14,15)/t6-,7-,10+/m1/s1. The average Bonchev–Trinajstić information content (AvgIpc) is 2.40. The van der Waals surface area contributed by atoms with Crippen LogP contribution in [0.1, 0.15) is 20.3 Å². The van der Waals surface area contributed by atoms with Gasteiger partial charge < -0.3 is 10.2 Å². The predicted octanol–water partition coefficient (Wildman–Crippen LogP) is -0.0753. The number of carbonyl (C=O) groups is 2. The van der Waals surface area contributed by atoms with Crippen LogP contribution in [0.4, 0.5) is 4.79 Å². The van der Waals surface area contributed by atoms with Crippen LogP contribution in [0.25, 0.3) is 0 Å². The smallest absolute Gasteiger partial charge is 0.322 e. The summed E-state index contributed by atoms with van der Waals surface area (Å²) in [5.74, 6) is -0.0231. The largest absolute Gasteiger partial charge is 0.323 e. The van der Waals surface area contributed by atoms with Crippen molar-refractivity contribution in [2.75, 3.05) is 13.6 Å². The molecule has 0 unspecified atom stereocenters. The van der Waals surface area contributed by atoms with Gasteiger partial charge in [0.05, 0.1) is 0 Å². The van der Waals surface area contributed by atoms with Crippen LogP contribution < -0.4 is 10.6 Å². The molecule has 5 nitrogen and oxygen atoms in total. The number of piperidine rings is 1. The molecule has 5 heteroatoms. The lowest BCUT2D eigenvalue weighted by molar-refractivity contribution is -0.128. The number of nitrogens with one attached hydrogen (secondary N) is 2. The molecule has 3 amide bonds. The third kappa shape index (κ3) is 1.42. The summed E-state index contributed by atoms with van der Waals surface area (Å²) in [5, 5.41) is 5.13. The van der Waals surface area contributed by atoms with Crippen LogP contribution >= 0.6 is 0 Å². The molecule has 0 aromatic carbocycles. The molecule has 2 aliphatic heterocycles. The molecular formula is C10H17N3O2. The number of imide groups is 1. The summed E-state index contributed by atoms with van der Waals surface area (Å²) in [7, 11) is 2.04. The van der Waals surface area contributed by atoms with Crippen molar-refractivity contribution in [3.63, 3.8) is 0 Å². The maximum absolute atomic E-state index is 11.8. The lowest BCUT2D eigenvalue weighted by Gasteiger charge is -2.44. The van der Waals surface area contributed by atoms with E-state index in [-0.39, 0.29) is 17.9 Å². The van der Waals surface area contributed by atoms with E-state index in [1.807, 2.05) is 14.0 Å². The summed E-state index contributed by atoms with van der Waals surface area (Å²) in [6, 6.07) is -0.0473. The van der Waals surface area contributed by atoms with Crippen LogP contribution in [0.2, 0.25) is 0 Å². The third-order valence-electron chi connectivity index (χ3n) is 3.74. The Labute approximate surface area is 89.2 Å². The normalized spacial score (nSPS) is 41.8. The summed E-state index contributed by atoms with van der Waals surface area (Å²) in [4.78, 5) is 25.2. The molecule has 1 spiro atoms. The van der Waals surface area contributed by atoms with Gasteiger partial charge in [-0.25, -0.2) is 4.79 Å². The average molecular weight is 211 g/mol. The Balaban J connectivity index is 2.27. The lowest BCUT2D eigenvalue weighted by atomic mass is 9.76. The van der Waals surface area contributed by atoms with Gasteiger partial charge in [0, 0.05) is 18.5 Å². The maximum atomic E-state index is 11.8. The molecule has 0 aliphatic carbocycles. The number of hydrogen-bond donors (Lipinski definition) is 2. The molecule has 2 saturated heterocycles. The van der Waals surface area contributed by atoms with Crippen molar-refractivity contribution in [2.24, 2.45) is 5.92 Å². The van der Waals surface area contributed by atoms with Gasteiger partial charge in [0.25, 0.3) is 5.91 Å². The minimum absolute atomic E-state index is 0.144. The topological polar surface area (TPSA) is 61.4 Å². The van der Waals surface area contributed by atoms with Crippen molar-refractivity contribution >= 4 is 11.9 Å². The molecule has 15 heavy (non-hydrogen) atoms. The highest BCUT2D eigenvalue weighted by Crippen LogP contribution is 2.33. The number of nitrogens with zero attached hydrogens (tertiary/aromatic N) is 1. The zero-order valence-electron chi connectivity index (χ0n) is 9.33. The Morgan fingerprint density at radius 3 is 2.60 bits per heavy atom. The molecule has 0 aromatic heterocycles. The Morgan fingerprint density at radius 1 is 1.40 bits per heavy atom.